The third kappa shape index (κ3) is 2.77. The molecule has 1 aliphatic heterocycles. The van der Waals surface area contributed by atoms with Crippen molar-refractivity contribution in [2.24, 2.45) is 17.3 Å². The second-order valence-electron chi connectivity index (χ2n) is 9.85. The molecule has 6 rings (SSSR count). The van der Waals surface area contributed by atoms with E-state index in [0.717, 1.165) is 18.4 Å². The smallest absolute Gasteiger partial charge is 0.0723 e. The van der Waals surface area contributed by atoms with Crippen LogP contribution in [0.4, 0.5) is 0 Å². The Labute approximate surface area is 152 Å². The van der Waals surface area contributed by atoms with Gasteiger partial charge in [-0.25, -0.2) is 0 Å². The van der Waals surface area contributed by atoms with Gasteiger partial charge in [0.2, 0.25) is 0 Å². The Balaban J connectivity index is 1.41. The first-order valence-electron chi connectivity index (χ1n) is 10.6. The summed E-state index contributed by atoms with van der Waals surface area (Å²) in [5.41, 5.74) is 2.10. The Morgan fingerprint density at radius 3 is 2.32 bits per heavy atom. The van der Waals surface area contributed by atoms with Crippen molar-refractivity contribution >= 4 is 0 Å². The average molecular weight is 340 g/mol. The average Bonchev–Trinajstić information content (AvgIpc) is 2.62. The lowest BCUT2D eigenvalue weighted by Crippen LogP contribution is -2.59. The maximum Gasteiger partial charge on any atom is 0.0723 e. The van der Waals surface area contributed by atoms with Gasteiger partial charge in [0.05, 0.1) is 6.10 Å². The summed E-state index contributed by atoms with van der Waals surface area (Å²) >= 11 is 0. The molecule has 5 aliphatic rings. The van der Waals surface area contributed by atoms with Crippen molar-refractivity contribution in [3.63, 3.8) is 0 Å². The van der Waals surface area contributed by atoms with Crippen LogP contribution >= 0.6 is 0 Å². The molecular formula is C23H33NO. The van der Waals surface area contributed by atoms with E-state index in [9.17, 15) is 5.11 Å². The molecule has 0 radical (unpaired) electrons. The standard InChI is InChI=1S/C23H33NO/c25-21(16-24-9-5-2-6-10-24)23-14-18-11-19(15-23)13-22(12-18,17-23)20-7-3-1-4-8-20/h1,3-4,7-8,18-19,21,25H,2,5-6,9-17H2/t18-,19-,21-,22?,23?/m0/s1. The number of benzene rings is 1. The zero-order valence-electron chi connectivity index (χ0n) is 15.5. The summed E-state index contributed by atoms with van der Waals surface area (Å²) in [5.74, 6) is 1.69. The van der Waals surface area contributed by atoms with Crippen molar-refractivity contribution < 1.29 is 5.11 Å². The van der Waals surface area contributed by atoms with E-state index in [0.29, 0.717) is 5.41 Å². The van der Waals surface area contributed by atoms with E-state index in [1.165, 1.54) is 70.9 Å². The number of hydrogen-bond acceptors (Lipinski definition) is 2. The number of likely N-dealkylation sites (tertiary alicyclic amines) is 1. The van der Waals surface area contributed by atoms with E-state index in [1.807, 2.05) is 0 Å². The molecule has 1 saturated heterocycles. The van der Waals surface area contributed by atoms with Gasteiger partial charge in [-0.1, -0.05) is 36.8 Å². The summed E-state index contributed by atoms with van der Waals surface area (Å²) in [6, 6.07) is 11.3. The first kappa shape index (κ1) is 16.3. The Morgan fingerprint density at radius 1 is 0.960 bits per heavy atom. The number of β-amino-alcohol motifs (C(OH)–C–C–N with tert-alkyl or cyclic N) is 1. The van der Waals surface area contributed by atoms with E-state index in [2.05, 4.69) is 35.2 Å². The molecule has 0 spiro atoms. The number of hydrogen-bond donors (Lipinski definition) is 1. The molecule has 4 saturated carbocycles. The van der Waals surface area contributed by atoms with E-state index in [4.69, 9.17) is 0 Å². The quantitative estimate of drug-likeness (QED) is 0.880. The fraction of sp³-hybridized carbons (Fsp3) is 0.739. The SMILES string of the molecule is O[C@@H](CN1CCCCC1)C12C[C@H]3C[C@@H](CC(c4ccccc4)(C3)C1)C2. The molecule has 0 unspecified atom stereocenters. The van der Waals surface area contributed by atoms with E-state index in [-0.39, 0.29) is 11.5 Å². The van der Waals surface area contributed by atoms with Gasteiger partial charge in [0.25, 0.3) is 0 Å². The fourth-order valence-electron chi connectivity index (χ4n) is 7.43. The van der Waals surface area contributed by atoms with Crippen molar-refractivity contribution in [2.75, 3.05) is 19.6 Å². The molecule has 4 bridgehead atoms. The van der Waals surface area contributed by atoms with Crippen molar-refractivity contribution in [3.05, 3.63) is 35.9 Å². The fourth-order valence-corrected chi connectivity index (χ4v) is 7.43. The largest absolute Gasteiger partial charge is 0.391 e. The van der Waals surface area contributed by atoms with Crippen LogP contribution in [0.3, 0.4) is 0 Å². The summed E-state index contributed by atoms with van der Waals surface area (Å²) in [4.78, 5) is 2.54. The van der Waals surface area contributed by atoms with Gasteiger partial charge in [-0.3, -0.25) is 0 Å². The van der Waals surface area contributed by atoms with Gasteiger partial charge in [-0.15, -0.1) is 0 Å². The highest BCUT2D eigenvalue weighted by molar-refractivity contribution is 5.30. The van der Waals surface area contributed by atoms with E-state index in [1.54, 1.807) is 5.56 Å². The normalized spacial score (nSPS) is 41.8. The second kappa shape index (κ2) is 6.09. The van der Waals surface area contributed by atoms with Gasteiger partial charge in [0.15, 0.2) is 0 Å². The lowest BCUT2D eigenvalue weighted by molar-refractivity contribution is -0.139. The molecule has 1 heterocycles. The van der Waals surface area contributed by atoms with Crippen LogP contribution in [0, 0.1) is 17.3 Å². The van der Waals surface area contributed by atoms with Crippen molar-refractivity contribution in [1.29, 1.82) is 0 Å². The summed E-state index contributed by atoms with van der Waals surface area (Å²) < 4.78 is 0. The molecular weight excluding hydrogens is 306 g/mol. The molecule has 1 N–H and O–H groups in total. The molecule has 5 fully saturated rings. The van der Waals surface area contributed by atoms with Crippen LogP contribution in [0.1, 0.15) is 63.4 Å². The van der Waals surface area contributed by atoms with Crippen LogP contribution in [-0.2, 0) is 5.41 Å². The predicted octanol–water partition coefficient (Wildman–Crippen LogP) is 4.37. The summed E-state index contributed by atoms with van der Waals surface area (Å²) in [5, 5.41) is 11.4. The predicted molar refractivity (Wildman–Crippen MR) is 102 cm³/mol. The first-order valence-corrected chi connectivity index (χ1v) is 10.6. The first-order chi connectivity index (χ1) is 12.2. The number of aliphatic hydroxyl groups excluding tert-OH is 1. The highest BCUT2D eigenvalue weighted by Gasteiger charge is 2.60. The maximum absolute atomic E-state index is 11.4. The number of rotatable bonds is 4. The number of aliphatic hydroxyl groups is 1. The molecule has 4 aliphatic carbocycles. The lowest BCUT2D eigenvalue weighted by atomic mass is 9.42. The second-order valence-corrected chi connectivity index (χ2v) is 9.85. The van der Waals surface area contributed by atoms with Crippen molar-refractivity contribution in [3.8, 4) is 0 Å². The molecule has 2 heteroatoms. The topological polar surface area (TPSA) is 23.5 Å². The zero-order valence-corrected chi connectivity index (χ0v) is 15.5. The van der Waals surface area contributed by atoms with Crippen LogP contribution in [0.5, 0.6) is 0 Å². The van der Waals surface area contributed by atoms with Crippen molar-refractivity contribution in [2.45, 2.75) is 69.3 Å². The Bertz CT molecular complexity index is 592. The van der Waals surface area contributed by atoms with E-state index >= 15 is 0 Å². The highest BCUT2D eigenvalue weighted by atomic mass is 16.3. The third-order valence-electron chi connectivity index (χ3n) is 8.08. The molecule has 2 nitrogen and oxygen atoms in total. The van der Waals surface area contributed by atoms with Gasteiger partial charge in [-0.2, -0.15) is 0 Å². The molecule has 25 heavy (non-hydrogen) atoms. The summed E-state index contributed by atoms with van der Waals surface area (Å²) in [6.45, 7) is 3.32. The zero-order chi connectivity index (χ0) is 16.9. The van der Waals surface area contributed by atoms with Gasteiger partial charge in [0.1, 0.15) is 0 Å². The highest BCUT2D eigenvalue weighted by Crippen LogP contribution is 2.66. The Morgan fingerprint density at radius 2 is 1.64 bits per heavy atom. The molecule has 0 amide bonds. The van der Waals surface area contributed by atoms with Crippen LogP contribution in [0.15, 0.2) is 30.3 Å². The van der Waals surface area contributed by atoms with Crippen LogP contribution in [0.2, 0.25) is 0 Å². The van der Waals surface area contributed by atoms with Crippen LogP contribution < -0.4 is 0 Å². The van der Waals surface area contributed by atoms with Gasteiger partial charge in [-0.05, 0) is 92.7 Å². The van der Waals surface area contributed by atoms with Gasteiger partial charge < -0.3 is 10.0 Å². The molecule has 0 aromatic heterocycles. The lowest BCUT2D eigenvalue weighted by Gasteiger charge is -2.64. The minimum absolute atomic E-state index is 0.125. The number of piperidine rings is 1. The third-order valence-corrected chi connectivity index (χ3v) is 8.08. The monoisotopic (exact) mass is 339 g/mol. The van der Waals surface area contributed by atoms with Crippen LogP contribution in [-0.4, -0.2) is 35.7 Å². The molecule has 136 valence electrons. The number of nitrogens with zero attached hydrogens (tertiary/aromatic N) is 1. The molecule has 1 aromatic carbocycles. The maximum atomic E-state index is 11.4. The van der Waals surface area contributed by atoms with Gasteiger partial charge in [0, 0.05) is 6.54 Å². The minimum Gasteiger partial charge on any atom is -0.391 e. The summed E-state index contributed by atoms with van der Waals surface area (Å²) in [7, 11) is 0. The minimum atomic E-state index is -0.125. The molecule has 1 aromatic rings. The van der Waals surface area contributed by atoms with Crippen LogP contribution in [0.25, 0.3) is 0 Å². The van der Waals surface area contributed by atoms with E-state index < -0.39 is 0 Å². The van der Waals surface area contributed by atoms with Crippen molar-refractivity contribution in [1.82, 2.24) is 4.90 Å². The Hall–Kier alpha value is -0.860. The Kier molecular flexibility index (Phi) is 3.98. The van der Waals surface area contributed by atoms with Gasteiger partial charge >= 0.3 is 0 Å². The molecule has 3 atom stereocenters. The summed E-state index contributed by atoms with van der Waals surface area (Å²) in [6.07, 6.45) is 11.8.